The minimum Gasteiger partial charge on any atom is -0.377 e. The molecule has 0 N–H and O–H groups in total. The van der Waals surface area contributed by atoms with Crippen LogP contribution in [-0.2, 0) is 17.9 Å². The first kappa shape index (κ1) is 16.1. The summed E-state index contributed by atoms with van der Waals surface area (Å²) >= 11 is 1.59. The van der Waals surface area contributed by atoms with E-state index < -0.39 is 0 Å². The normalized spacial score (nSPS) is 16.0. The topological polar surface area (TPSA) is 73.1 Å². The first-order chi connectivity index (χ1) is 11.2. The van der Waals surface area contributed by atoms with E-state index >= 15 is 0 Å². The van der Waals surface area contributed by atoms with Gasteiger partial charge in [0.1, 0.15) is 11.6 Å². The molecule has 3 rings (SSSR count). The Hall–Kier alpha value is -1.80. The van der Waals surface area contributed by atoms with Crippen LogP contribution in [0.5, 0.6) is 0 Å². The maximum Gasteiger partial charge on any atom is 0.256 e. The number of piperidine rings is 1. The van der Waals surface area contributed by atoms with Crippen molar-refractivity contribution >= 4 is 16.5 Å². The lowest BCUT2D eigenvalue weighted by atomic mass is 9.97. The standard InChI is InChI=1S/C15H21N5O2S/c1-11-7-16-10-20(14(11)21)8-12-3-5-19(6-4-12)15-18-17-13(23-15)9-22-2/h7,10,12H,3-6,8-9H2,1-2H3. The van der Waals surface area contributed by atoms with Crippen LogP contribution in [0.1, 0.15) is 23.4 Å². The summed E-state index contributed by atoms with van der Waals surface area (Å²) in [5.41, 5.74) is 0.764. The van der Waals surface area contributed by atoms with Crippen molar-refractivity contribution in [3.05, 3.63) is 33.4 Å². The van der Waals surface area contributed by atoms with E-state index in [4.69, 9.17) is 4.74 Å². The van der Waals surface area contributed by atoms with Gasteiger partial charge in [0.25, 0.3) is 5.56 Å². The lowest BCUT2D eigenvalue weighted by Crippen LogP contribution is -2.36. The Morgan fingerprint density at radius 1 is 1.35 bits per heavy atom. The van der Waals surface area contributed by atoms with E-state index in [1.165, 1.54) is 0 Å². The highest BCUT2D eigenvalue weighted by molar-refractivity contribution is 7.15. The van der Waals surface area contributed by atoms with Crippen molar-refractivity contribution in [3.63, 3.8) is 0 Å². The van der Waals surface area contributed by atoms with Crippen molar-refractivity contribution in [3.8, 4) is 0 Å². The average molecular weight is 335 g/mol. The lowest BCUT2D eigenvalue weighted by molar-refractivity contribution is 0.184. The van der Waals surface area contributed by atoms with Crippen molar-refractivity contribution in [2.45, 2.75) is 32.9 Å². The Kier molecular flexibility index (Phi) is 5.02. The third-order valence-electron chi connectivity index (χ3n) is 4.14. The van der Waals surface area contributed by atoms with Gasteiger partial charge in [0, 0.05) is 38.5 Å². The van der Waals surface area contributed by atoms with Crippen LogP contribution in [0.15, 0.2) is 17.3 Å². The predicted molar refractivity (Wildman–Crippen MR) is 88.8 cm³/mol. The number of aromatic nitrogens is 4. The molecule has 0 saturated carbocycles. The van der Waals surface area contributed by atoms with Gasteiger partial charge in [-0.3, -0.25) is 9.36 Å². The first-order valence-electron chi connectivity index (χ1n) is 7.74. The van der Waals surface area contributed by atoms with Crippen LogP contribution in [0, 0.1) is 12.8 Å². The molecule has 1 aliphatic rings. The number of hydrogen-bond donors (Lipinski definition) is 0. The molecule has 8 heteroatoms. The molecule has 3 heterocycles. The van der Waals surface area contributed by atoms with Crippen molar-refractivity contribution in [2.24, 2.45) is 5.92 Å². The highest BCUT2D eigenvalue weighted by Gasteiger charge is 2.22. The molecule has 0 unspecified atom stereocenters. The second-order valence-corrected chi connectivity index (χ2v) is 6.92. The molecule has 0 amide bonds. The maximum atomic E-state index is 12.1. The fraction of sp³-hybridized carbons (Fsp3) is 0.600. The molecule has 0 spiro atoms. The van der Waals surface area contributed by atoms with Gasteiger partial charge in [-0.1, -0.05) is 11.3 Å². The van der Waals surface area contributed by atoms with E-state index in [2.05, 4.69) is 20.1 Å². The molecule has 0 aromatic carbocycles. The molecule has 2 aromatic heterocycles. The second kappa shape index (κ2) is 7.18. The molecule has 1 aliphatic heterocycles. The lowest BCUT2D eigenvalue weighted by Gasteiger charge is -2.31. The van der Waals surface area contributed by atoms with Crippen LogP contribution in [0.2, 0.25) is 0 Å². The number of rotatable bonds is 5. The third kappa shape index (κ3) is 3.76. The van der Waals surface area contributed by atoms with Crippen LogP contribution in [0.3, 0.4) is 0 Å². The van der Waals surface area contributed by atoms with Gasteiger partial charge in [0.05, 0.1) is 6.33 Å². The molecule has 0 radical (unpaired) electrons. The zero-order valence-electron chi connectivity index (χ0n) is 13.4. The fourth-order valence-corrected chi connectivity index (χ4v) is 3.69. The first-order valence-corrected chi connectivity index (χ1v) is 8.56. The Balaban J connectivity index is 1.57. The van der Waals surface area contributed by atoms with Gasteiger partial charge in [-0.05, 0) is 25.7 Å². The predicted octanol–water partition coefficient (Wildman–Crippen LogP) is 1.47. The molecule has 1 fully saturated rings. The van der Waals surface area contributed by atoms with Crippen molar-refractivity contribution in [1.29, 1.82) is 0 Å². The van der Waals surface area contributed by atoms with Crippen LogP contribution in [0.25, 0.3) is 0 Å². The molecule has 23 heavy (non-hydrogen) atoms. The third-order valence-corrected chi connectivity index (χ3v) is 5.09. The largest absolute Gasteiger partial charge is 0.377 e. The number of anilines is 1. The van der Waals surface area contributed by atoms with Gasteiger partial charge < -0.3 is 9.64 Å². The summed E-state index contributed by atoms with van der Waals surface area (Å²) in [5, 5.41) is 10.2. The smallest absolute Gasteiger partial charge is 0.256 e. The van der Waals surface area contributed by atoms with Crippen LogP contribution < -0.4 is 10.5 Å². The fourth-order valence-electron chi connectivity index (χ4n) is 2.83. The van der Waals surface area contributed by atoms with E-state index in [9.17, 15) is 4.79 Å². The van der Waals surface area contributed by atoms with E-state index in [0.717, 1.165) is 42.6 Å². The van der Waals surface area contributed by atoms with E-state index in [-0.39, 0.29) is 5.56 Å². The summed E-state index contributed by atoms with van der Waals surface area (Å²) in [4.78, 5) is 18.5. The molecule has 7 nitrogen and oxygen atoms in total. The molecule has 1 saturated heterocycles. The monoisotopic (exact) mass is 335 g/mol. The van der Waals surface area contributed by atoms with Gasteiger partial charge in [0.2, 0.25) is 5.13 Å². The molecular weight excluding hydrogens is 314 g/mol. The van der Waals surface area contributed by atoms with E-state index in [1.54, 1.807) is 35.5 Å². The average Bonchev–Trinajstić information content (AvgIpc) is 3.02. The minimum absolute atomic E-state index is 0.0655. The van der Waals surface area contributed by atoms with E-state index in [0.29, 0.717) is 18.1 Å². The Morgan fingerprint density at radius 2 is 2.13 bits per heavy atom. The number of aryl methyl sites for hydroxylation is 1. The SMILES string of the molecule is COCc1nnc(N2CCC(Cn3cncc(C)c3=O)CC2)s1. The summed E-state index contributed by atoms with van der Waals surface area (Å²) in [6.45, 7) is 4.95. The zero-order chi connectivity index (χ0) is 16.2. The van der Waals surface area contributed by atoms with Crippen LogP contribution in [-0.4, -0.2) is 39.9 Å². The maximum absolute atomic E-state index is 12.1. The molecule has 0 atom stereocenters. The molecule has 0 aliphatic carbocycles. The molecule has 0 bridgehead atoms. The summed E-state index contributed by atoms with van der Waals surface area (Å²) in [5.74, 6) is 0.499. The number of nitrogens with zero attached hydrogens (tertiary/aromatic N) is 5. The summed E-state index contributed by atoms with van der Waals surface area (Å²) in [7, 11) is 1.66. The quantitative estimate of drug-likeness (QED) is 0.824. The molecule has 124 valence electrons. The Morgan fingerprint density at radius 3 is 2.87 bits per heavy atom. The van der Waals surface area contributed by atoms with Gasteiger partial charge in [-0.25, -0.2) is 4.98 Å². The highest BCUT2D eigenvalue weighted by atomic mass is 32.1. The summed E-state index contributed by atoms with van der Waals surface area (Å²) < 4.78 is 6.82. The number of hydrogen-bond acceptors (Lipinski definition) is 7. The molecule has 2 aromatic rings. The van der Waals surface area contributed by atoms with Gasteiger partial charge in [-0.2, -0.15) is 0 Å². The van der Waals surface area contributed by atoms with Gasteiger partial charge in [0.15, 0.2) is 0 Å². The Bertz CT molecular complexity index is 706. The van der Waals surface area contributed by atoms with Crippen molar-refractivity contribution in [1.82, 2.24) is 19.7 Å². The summed E-state index contributed by atoms with van der Waals surface area (Å²) in [6.07, 6.45) is 5.34. The summed E-state index contributed by atoms with van der Waals surface area (Å²) in [6, 6.07) is 0. The minimum atomic E-state index is 0.0655. The second-order valence-electron chi connectivity index (χ2n) is 5.88. The van der Waals surface area contributed by atoms with Crippen LogP contribution in [0.4, 0.5) is 5.13 Å². The zero-order valence-corrected chi connectivity index (χ0v) is 14.3. The van der Waals surface area contributed by atoms with Crippen molar-refractivity contribution < 1.29 is 4.74 Å². The van der Waals surface area contributed by atoms with Gasteiger partial charge in [-0.15, -0.1) is 10.2 Å². The van der Waals surface area contributed by atoms with Crippen molar-refractivity contribution in [2.75, 3.05) is 25.1 Å². The molecular formula is C15H21N5O2S. The Labute approximate surface area is 138 Å². The van der Waals surface area contributed by atoms with E-state index in [1.807, 2.05) is 6.92 Å². The van der Waals surface area contributed by atoms with Crippen LogP contribution >= 0.6 is 11.3 Å². The number of methoxy groups -OCH3 is 1. The van der Waals surface area contributed by atoms with Gasteiger partial charge >= 0.3 is 0 Å². The highest BCUT2D eigenvalue weighted by Crippen LogP contribution is 2.26. The number of ether oxygens (including phenoxy) is 1.